The molecule has 0 aliphatic carbocycles. The Balaban J connectivity index is 1.75. The van der Waals surface area contributed by atoms with Crippen molar-refractivity contribution in [3.63, 3.8) is 0 Å². The van der Waals surface area contributed by atoms with Gasteiger partial charge in [-0.15, -0.1) is 0 Å². The Morgan fingerprint density at radius 3 is 2.35 bits per heavy atom. The van der Waals surface area contributed by atoms with Crippen LogP contribution in [0.3, 0.4) is 0 Å². The number of benzene rings is 3. The average molecular weight is 445 g/mol. The molecule has 0 bridgehead atoms. The van der Waals surface area contributed by atoms with Crippen molar-refractivity contribution in [2.75, 3.05) is 0 Å². The highest BCUT2D eigenvalue weighted by molar-refractivity contribution is 7.89. The second-order valence-electron chi connectivity index (χ2n) is 7.12. The van der Waals surface area contributed by atoms with E-state index >= 15 is 0 Å². The molecule has 31 heavy (non-hydrogen) atoms. The number of para-hydroxylation sites is 1. The van der Waals surface area contributed by atoms with Crippen molar-refractivity contribution in [1.29, 1.82) is 0 Å². The Morgan fingerprint density at radius 2 is 1.65 bits per heavy atom. The van der Waals surface area contributed by atoms with E-state index in [2.05, 4.69) is 4.72 Å². The monoisotopic (exact) mass is 445 g/mol. The standard InChI is InChI=1S/C23H18F3NO3S/c1-15-9-11-18(12-10-15)31(28,29)27-14-20-19-7-2-3-8-21(19)30-22(20)16-5-4-6-17(13-16)23(24,25)26/h2-13,27H,14H2,1H3. The van der Waals surface area contributed by atoms with E-state index in [9.17, 15) is 21.6 Å². The minimum absolute atomic E-state index is 0.103. The average Bonchev–Trinajstić information content (AvgIpc) is 3.11. The van der Waals surface area contributed by atoms with Gasteiger partial charge in [0.25, 0.3) is 0 Å². The number of alkyl halides is 3. The van der Waals surface area contributed by atoms with E-state index in [-0.39, 0.29) is 22.8 Å². The highest BCUT2D eigenvalue weighted by atomic mass is 32.2. The molecule has 0 aliphatic rings. The molecule has 0 aliphatic heterocycles. The second-order valence-corrected chi connectivity index (χ2v) is 8.89. The van der Waals surface area contributed by atoms with Crippen LogP contribution in [0.2, 0.25) is 0 Å². The highest BCUT2D eigenvalue weighted by Gasteiger charge is 2.31. The third-order valence-electron chi connectivity index (χ3n) is 4.92. The molecule has 0 unspecified atom stereocenters. The first-order chi connectivity index (χ1) is 14.6. The van der Waals surface area contributed by atoms with Crippen molar-refractivity contribution in [3.05, 3.63) is 89.5 Å². The molecule has 0 saturated heterocycles. The number of hydrogen-bond donors (Lipinski definition) is 1. The zero-order valence-corrected chi connectivity index (χ0v) is 17.2. The summed E-state index contributed by atoms with van der Waals surface area (Å²) in [6.45, 7) is 1.71. The Hall–Kier alpha value is -3.10. The lowest BCUT2D eigenvalue weighted by Crippen LogP contribution is -2.23. The third-order valence-corrected chi connectivity index (χ3v) is 6.34. The lowest BCUT2D eigenvalue weighted by atomic mass is 10.0. The van der Waals surface area contributed by atoms with E-state index in [1.165, 1.54) is 24.3 Å². The van der Waals surface area contributed by atoms with Crippen molar-refractivity contribution < 1.29 is 26.0 Å². The van der Waals surface area contributed by atoms with Gasteiger partial charge in [0.2, 0.25) is 10.0 Å². The predicted molar refractivity (Wildman–Crippen MR) is 112 cm³/mol. The van der Waals surface area contributed by atoms with Gasteiger partial charge in [0.05, 0.1) is 10.5 Å². The molecule has 1 aromatic heterocycles. The Morgan fingerprint density at radius 1 is 0.935 bits per heavy atom. The molecular formula is C23H18F3NO3S. The van der Waals surface area contributed by atoms with Gasteiger partial charge in [0, 0.05) is 23.1 Å². The second kappa shape index (κ2) is 7.86. The van der Waals surface area contributed by atoms with Gasteiger partial charge >= 0.3 is 6.18 Å². The molecule has 1 N–H and O–H groups in total. The summed E-state index contributed by atoms with van der Waals surface area (Å²) in [5, 5.41) is 0.626. The smallest absolute Gasteiger partial charge is 0.416 e. The highest BCUT2D eigenvalue weighted by Crippen LogP contribution is 2.37. The SMILES string of the molecule is Cc1ccc(S(=O)(=O)NCc2c(-c3cccc(C(F)(F)F)c3)oc3ccccc23)cc1. The first-order valence-corrected chi connectivity index (χ1v) is 10.9. The van der Waals surface area contributed by atoms with Crippen molar-refractivity contribution in [2.24, 2.45) is 0 Å². The molecule has 160 valence electrons. The van der Waals surface area contributed by atoms with Crippen molar-refractivity contribution in [3.8, 4) is 11.3 Å². The van der Waals surface area contributed by atoms with E-state index in [0.29, 0.717) is 16.5 Å². The van der Waals surface area contributed by atoms with E-state index in [1.54, 1.807) is 36.4 Å². The van der Waals surface area contributed by atoms with Crippen molar-refractivity contribution in [1.82, 2.24) is 4.72 Å². The van der Waals surface area contributed by atoms with E-state index in [1.807, 2.05) is 6.92 Å². The lowest BCUT2D eigenvalue weighted by molar-refractivity contribution is -0.137. The molecule has 3 aromatic carbocycles. The maximum absolute atomic E-state index is 13.2. The summed E-state index contributed by atoms with van der Waals surface area (Å²) in [6, 6.07) is 18.1. The minimum atomic E-state index is -4.50. The first-order valence-electron chi connectivity index (χ1n) is 9.39. The minimum Gasteiger partial charge on any atom is -0.456 e. The number of hydrogen-bond acceptors (Lipinski definition) is 3. The molecule has 4 aromatic rings. The number of fused-ring (bicyclic) bond motifs is 1. The Bertz CT molecular complexity index is 1340. The molecule has 0 saturated carbocycles. The number of furan rings is 1. The summed E-state index contributed by atoms with van der Waals surface area (Å²) in [4.78, 5) is 0.103. The largest absolute Gasteiger partial charge is 0.456 e. The van der Waals surface area contributed by atoms with Crippen LogP contribution in [0.5, 0.6) is 0 Å². The normalized spacial score (nSPS) is 12.4. The van der Waals surface area contributed by atoms with Crippen LogP contribution < -0.4 is 4.72 Å². The van der Waals surface area contributed by atoms with Gasteiger partial charge in [0.15, 0.2) is 0 Å². The van der Waals surface area contributed by atoms with Gasteiger partial charge in [-0.25, -0.2) is 13.1 Å². The topological polar surface area (TPSA) is 59.3 Å². The molecule has 0 atom stereocenters. The summed E-state index contributed by atoms with van der Waals surface area (Å²) < 4.78 is 73.4. The van der Waals surface area contributed by atoms with Crippen LogP contribution in [0.4, 0.5) is 13.2 Å². The molecule has 8 heteroatoms. The van der Waals surface area contributed by atoms with Crippen LogP contribution in [0.25, 0.3) is 22.3 Å². The number of nitrogens with one attached hydrogen (secondary N) is 1. The summed E-state index contributed by atoms with van der Waals surface area (Å²) in [6.07, 6.45) is -4.50. The molecule has 0 spiro atoms. The van der Waals surface area contributed by atoms with Crippen LogP contribution in [0.15, 0.2) is 82.1 Å². The molecule has 0 fully saturated rings. The first kappa shape index (κ1) is 21.1. The van der Waals surface area contributed by atoms with Crippen LogP contribution >= 0.6 is 0 Å². The van der Waals surface area contributed by atoms with E-state index < -0.39 is 21.8 Å². The molecule has 4 rings (SSSR count). The van der Waals surface area contributed by atoms with E-state index in [0.717, 1.165) is 17.7 Å². The predicted octanol–water partition coefficient (Wildman–Crippen LogP) is 5.91. The van der Waals surface area contributed by atoms with Crippen LogP contribution in [-0.2, 0) is 22.7 Å². The summed E-state index contributed by atoms with van der Waals surface area (Å²) in [7, 11) is -3.82. The van der Waals surface area contributed by atoms with Gasteiger partial charge in [0.1, 0.15) is 11.3 Å². The fraction of sp³-hybridized carbons (Fsp3) is 0.130. The molecule has 1 heterocycles. The van der Waals surface area contributed by atoms with Gasteiger partial charge in [-0.2, -0.15) is 13.2 Å². The quantitative estimate of drug-likeness (QED) is 0.416. The van der Waals surface area contributed by atoms with Gasteiger partial charge in [-0.1, -0.05) is 48.0 Å². The number of rotatable bonds is 5. The van der Waals surface area contributed by atoms with Crippen LogP contribution in [0, 0.1) is 6.92 Å². The zero-order chi connectivity index (χ0) is 22.2. The number of aryl methyl sites for hydroxylation is 1. The van der Waals surface area contributed by atoms with Gasteiger partial charge in [-0.05, 0) is 37.3 Å². The van der Waals surface area contributed by atoms with E-state index in [4.69, 9.17) is 4.42 Å². The fourth-order valence-corrected chi connectivity index (χ4v) is 4.31. The fourth-order valence-electron chi connectivity index (χ4n) is 3.31. The maximum Gasteiger partial charge on any atom is 0.416 e. The van der Waals surface area contributed by atoms with Crippen LogP contribution in [-0.4, -0.2) is 8.42 Å². The summed E-state index contributed by atoms with van der Waals surface area (Å²) in [5.74, 6) is 0.193. The Labute approximate surface area is 177 Å². The zero-order valence-electron chi connectivity index (χ0n) is 16.4. The Kier molecular flexibility index (Phi) is 5.36. The molecule has 0 amide bonds. The summed E-state index contributed by atoms with van der Waals surface area (Å²) >= 11 is 0. The lowest BCUT2D eigenvalue weighted by Gasteiger charge is -2.10. The summed E-state index contributed by atoms with van der Waals surface area (Å²) in [5.41, 5.74) is 1.25. The number of sulfonamides is 1. The third kappa shape index (κ3) is 4.35. The van der Waals surface area contributed by atoms with Crippen molar-refractivity contribution >= 4 is 21.0 Å². The van der Waals surface area contributed by atoms with Crippen molar-refractivity contribution in [2.45, 2.75) is 24.5 Å². The molecule has 0 radical (unpaired) electrons. The molecular weight excluding hydrogens is 427 g/mol. The van der Waals surface area contributed by atoms with Gasteiger partial charge in [-0.3, -0.25) is 0 Å². The van der Waals surface area contributed by atoms with Gasteiger partial charge < -0.3 is 4.42 Å². The molecule has 4 nitrogen and oxygen atoms in total. The van der Waals surface area contributed by atoms with Crippen LogP contribution in [0.1, 0.15) is 16.7 Å². The number of halogens is 3. The maximum atomic E-state index is 13.2.